The van der Waals surface area contributed by atoms with Crippen molar-refractivity contribution in [2.45, 2.75) is 13.0 Å². The average Bonchev–Trinajstić information content (AvgIpc) is 2.76. The van der Waals surface area contributed by atoms with E-state index in [1.165, 1.54) is 0 Å². The number of rotatable bonds is 3. The van der Waals surface area contributed by atoms with E-state index in [1.807, 2.05) is 6.92 Å². The van der Waals surface area contributed by atoms with Crippen LogP contribution in [0.4, 0.5) is 13.2 Å². The van der Waals surface area contributed by atoms with Gasteiger partial charge in [0.1, 0.15) is 22.5 Å². The lowest BCUT2D eigenvalue weighted by Crippen LogP contribution is -2.12. The van der Waals surface area contributed by atoms with Gasteiger partial charge in [0.25, 0.3) is 0 Å². The van der Waals surface area contributed by atoms with Crippen molar-refractivity contribution in [2.75, 3.05) is 7.05 Å². The standard InChI is InChI=1S/C12H11F3N2S/c1-6(16-2)10-5-18-12(17-10)11-8(14)3-7(13)4-9(11)15/h3-6,16H,1-2H3. The quantitative estimate of drug-likeness (QED) is 0.925. The maximum absolute atomic E-state index is 13.6. The van der Waals surface area contributed by atoms with Gasteiger partial charge in [-0.1, -0.05) is 0 Å². The van der Waals surface area contributed by atoms with Crippen molar-refractivity contribution in [3.63, 3.8) is 0 Å². The van der Waals surface area contributed by atoms with Crippen molar-refractivity contribution >= 4 is 11.3 Å². The Morgan fingerprint density at radius 2 is 1.83 bits per heavy atom. The summed E-state index contributed by atoms with van der Waals surface area (Å²) >= 11 is 1.13. The zero-order valence-electron chi connectivity index (χ0n) is 9.80. The first-order valence-electron chi connectivity index (χ1n) is 5.30. The summed E-state index contributed by atoms with van der Waals surface area (Å²) in [6.45, 7) is 1.89. The number of aromatic nitrogens is 1. The second-order valence-electron chi connectivity index (χ2n) is 3.83. The summed E-state index contributed by atoms with van der Waals surface area (Å²) in [5.41, 5.74) is 0.413. The molecule has 18 heavy (non-hydrogen) atoms. The van der Waals surface area contributed by atoms with Gasteiger partial charge in [-0.25, -0.2) is 18.2 Å². The molecule has 6 heteroatoms. The van der Waals surface area contributed by atoms with Crippen molar-refractivity contribution < 1.29 is 13.2 Å². The third-order valence-corrected chi connectivity index (χ3v) is 3.50. The number of thiazole rings is 1. The molecule has 0 aliphatic carbocycles. The summed E-state index contributed by atoms with van der Waals surface area (Å²) in [6.07, 6.45) is 0. The average molecular weight is 272 g/mol. The minimum atomic E-state index is -0.939. The first kappa shape index (κ1) is 13.0. The number of hydrogen-bond donors (Lipinski definition) is 1. The van der Waals surface area contributed by atoms with Crippen LogP contribution in [0.25, 0.3) is 10.6 Å². The van der Waals surface area contributed by atoms with Gasteiger partial charge in [-0.05, 0) is 14.0 Å². The Kier molecular flexibility index (Phi) is 3.68. The predicted molar refractivity (Wildman–Crippen MR) is 64.9 cm³/mol. The molecule has 1 aromatic heterocycles. The summed E-state index contributed by atoms with van der Waals surface area (Å²) < 4.78 is 39.9. The van der Waals surface area contributed by atoms with Crippen LogP contribution in [-0.4, -0.2) is 12.0 Å². The number of halogens is 3. The molecule has 96 valence electrons. The topological polar surface area (TPSA) is 24.9 Å². The van der Waals surface area contributed by atoms with Gasteiger partial charge in [-0.15, -0.1) is 11.3 Å². The van der Waals surface area contributed by atoms with Crippen molar-refractivity contribution in [3.05, 3.63) is 40.7 Å². The second-order valence-corrected chi connectivity index (χ2v) is 4.69. The highest BCUT2D eigenvalue weighted by Crippen LogP contribution is 2.30. The van der Waals surface area contributed by atoms with Gasteiger partial charge in [0.15, 0.2) is 0 Å². The third-order valence-electron chi connectivity index (χ3n) is 2.62. The Labute approximate surface area is 106 Å². The van der Waals surface area contributed by atoms with Crippen molar-refractivity contribution in [1.29, 1.82) is 0 Å². The lowest BCUT2D eigenvalue weighted by Gasteiger charge is -2.05. The van der Waals surface area contributed by atoms with Gasteiger partial charge in [-0.2, -0.15) is 0 Å². The zero-order valence-corrected chi connectivity index (χ0v) is 10.6. The molecule has 0 saturated carbocycles. The molecule has 0 saturated heterocycles. The summed E-state index contributed by atoms with van der Waals surface area (Å²) in [6, 6.07) is 1.30. The molecule has 1 unspecified atom stereocenters. The van der Waals surface area contributed by atoms with Crippen LogP contribution >= 0.6 is 11.3 Å². The van der Waals surface area contributed by atoms with Crippen LogP contribution in [-0.2, 0) is 0 Å². The van der Waals surface area contributed by atoms with Crippen LogP contribution in [0.5, 0.6) is 0 Å². The van der Waals surface area contributed by atoms with Crippen molar-refractivity contribution in [3.8, 4) is 10.6 Å². The molecule has 1 N–H and O–H groups in total. The monoisotopic (exact) mass is 272 g/mol. The zero-order chi connectivity index (χ0) is 13.3. The highest BCUT2D eigenvalue weighted by atomic mass is 32.1. The van der Waals surface area contributed by atoms with E-state index in [0.717, 1.165) is 11.3 Å². The summed E-state index contributed by atoms with van der Waals surface area (Å²) in [5.74, 6) is -2.81. The summed E-state index contributed by atoms with van der Waals surface area (Å²) in [7, 11) is 1.77. The molecular formula is C12H11F3N2S. The van der Waals surface area contributed by atoms with Crippen LogP contribution in [0.2, 0.25) is 0 Å². The Balaban J connectivity index is 2.46. The van der Waals surface area contributed by atoms with Crippen molar-refractivity contribution in [2.24, 2.45) is 0 Å². The molecular weight excluding hydrogens is 261 g/mol. The highest BCUT2D eigenvalue weighted by Gasteiger charge is 2.18. The summed E-state index contributed by atoms with van der Waals surface area (Å²) in [5, 5.41) is 4.91. The van der Waals surface area contributed by atoms with Gasteiger partial charge in [0.05, 0.1) is 11.3 Å². The third kappa shape index (κ3) is 2.39. The lowest BCUT2D eigenvalue weighted by atomic mass is 10.2. The fraction of sp³-hybridized carbons (Fsp3) is 0.250. The molecule has 0 aliphatic heterocycles. The Hall–Kier alpha value is -1.40. The minimum absolute atomic E-state index is 0.0124. The smallest absolute Gasteiger partial charge is 0.139 e. The second kappa shape index (κ2) is 5.07. The molecule has 0 bridgehead atoms. The van der Waals surface area contributed by atoms with Crippen molar-refractivity contribution in [1.82, 2.24) is 10.3 Å². The first-order valence-corrected chi connectivity index (χ1v) is 6.18. The van der Waals surface area contributed by atoms with E-state index in [4.69, 9.17) is 0 Å². The lowest BCUT2D eigenvalue weighted by molar-refractivity contribution is 0.547. The Morgan fingerprint density at radius 1 is 1.22 bits per heavy atom. The molecule has 0 amide bonds. The van der Waals surface area contributed by atoms with Gasteiger partial charge in [-0.3, -0.25) is 0 Å². The van der Waals surface area contributed by atoms with Gasteiger partial charge >= 0.3 is 0 Å². The SMILES string of the molecule is CNC(C)c1csc(-c2c(F)cc(F)cc2F)n1. The van der Waals surface area contributed by atoms with Crippen LogP contribution in [0, 0.1) is 17.5 Å². The number of nitrogens with zero attached hydrogens (tertiary/aromatic N) is 1. The number of hydrogen-bond acceptors (Lipinski definition) is 3. The van der Waals surface area contributed by atoms with E-state index in [-0.39, 0.29) is 16.6 Å². The van der Waals surface area contributed by atoms with Crippen LogP contribution in [0.3, 0.4) is 0 Å². The van der Waals surface area contributed by atoms with Crippen LogP contribution in [0.15, 0.2) is 17.5 Å². The Bertz CT molecular complexity index is 545. The van der Waals surface area contributed by atoms with E-state index in [0.29, 0.717) is 17.8 Å². The van der Waals surface area contributed by atoms with E-state index in [9.17, 15) is 13.2 Å². The number of nitrogens with one attached hydrogen (secondary N) is 1. The van der Waals surface area contributed by atoms with Gasteiger partial charge in [0, 0.05) is 23.6 Å². The van der Waals surface area contributed by atoms with E-state index in [1.54, 1.807) is 12.4 Å². The normalized spacial score (nSPS) is 12.7. The van der Waals surface area contributed by atoms with Gasteiger partial charge < -0.3 is 5.32 Å². The molecule has 1 aromatic carbocycles. The van der Waals surface area contributed by atoms with Crippen LogP contribution in [0.1, 0.15) is 18.7 Å². The molecule has 0 aliphatic rings. The maximum Gasteiger partial charge on any atom is 0.139 e. The van der Waals surface area contributed by atoms with E-state index < -0.39 is 17.5 Å². The van der Waals surface area contributed by atoms with Crippen LogP contribution < -0.4 is 5.32 Å². The molecule has 2 aromatic rings. The fourth-order valence-corrected chi connectivity index (χ4v) is 2.45. The molecule has 1 heterocycles. The number of benzene rings is 1. The minimum Gasteiger partial charge on any atom is -0.312 e. The molecule has 0 fully saturated rings. The first-order chi connectivity index (χ1) is 8.52. The maximum atomic E-state index is 13.6. The largest absolute Gasteiger partial charge is 0.312 e. The molecule has 0 radical (unpaired) electrons. The molecule has 2 nitrogen and oxygen atoms in total. The molecule has 0 spiro atoms. The summed E-state index contributed by atoms with van der Waals surface area (Å²) in [4.78, 5) is 4.16. The Morgan fingerprint density at radius 3 is 2.39 bits per heavy atom. The van der Waals surface area contributed by atoms with E-state index >= 15 is 0 Å². The van der Waals surface area contributed by atoms with E-state index in [2.05, 4.69) is 10.3 Å². The molecule has 1 atom stereocenters. The van der Waals surface area contributed by atoms with Gasteiger partial charge in [0.2, 0.25) is 0 Å². The fourth-order valence-electron chi connectivity index (χ4n) is 1.49. The highest BCUT2D eigenvalue weighted by molar-refractivity contribution is 7.13. The predicted octanol–water partition coefficient (Wildman–Crippen LogP) is 3.51. The molecule has 2 rings (SSSR count).